The Balaban J connectivity index is -0.000000189. The van der Waals surface area contributed by atoms with Gasteiger partial charge in [0.05, 0.1) is 0 Å². The Morgan fingerprint density at radius 2 is 1.92 bits per heavy atom. The second kappa shape index (κ2) is 11.5. The van der Waals surface area contributed by atoms with Crippen LogP contribution < -0.4 is 0 Å². The fraction of sp³-hybridized carbons (Fsp3) is 0.625. The number of carbonyl (C=O) groups excluding carboxylic acids is 1. The maximum absolute atomic E-state index is 10.5. The number of nitrogens with zero attached hydrogens (tertiary/aromatic N) is 1. The molecule has 1 radical (unpaired) electrons. The van der Waals surface area contributed by atoms with Crippen molar-refractivity contribution in [3.8, 4) is 0 Å². The summed E-state index contributed by atoms with van der Waals surface area (Å²) >= 11 is 0. The molecule has 12 heavy (non-hydrogen) atoms. The van der Waals surface area contributed by atoms with E-state index in [0.717, 1.165) is 6.54 Å². The van der Waals surface area contributed by atoms with E-state index < -0.39 is 0 Å². The van der Waals surface area contributed by atoms with Gasteiger partial charge in [0.2, 0.25) is 0 Å². The van der Waals surface area contributed by atoms with Crippen molar-refractivity contribution in [3.05, 3.63) is 12.3 Å². The van der Waals surface area contributed by atoms with Crippen LogP contribution in [0.15, 0.2) is 12.3 Å². The first-order chi connectivity index (χ1) is 4.79. The summed E-state index contributed by atoms with van der Waals surface area (Å²) in [6, 6.07) is 0. The summed E-state index contributed by atoms with van der Waals surface area (Å²) in [6.45, 7) is 4.87. The molecule has 1 heterocycles. The third-order valence-corrected chi connectivity index (χ3v) is 1.23. The molecule has 2 nitrogen and oxygen atoms in total. The van der Waals surface area contributed by atoms with Crippen molar-refractivity contribution in [2.45, 2.75) is 20.3 Å². The summed E-state index contributed by atoms with van der Waals surface area (Å²) in [5, 5.41) is 0. The van der Waals surface area contributed by atoms with Crippen molar-refractivity contribution in [1.82, 2.24) is 4.90 Å². The van der Waals surface area contributed by atoms with Crippen molar-refractivity contribution < 1.29 is 44.4 Å². The molecule has 0 fully saturated rings. The Bertz CT molecular complexity index is 139. The Morgan fingerprint density at radius 3 is 2.17 bits per heavy atom. The minimum atomic E-state index is 0. The molecule has 0 saturated carbocycles. The van der Waals surface area contributed by atoms with E-state index in [1.165, 1.54) is 0 Å². The van der Waals surface area contributed by atoms with E-state index >= 15 is 0 Å². The second-order valence-electron chi connectivity index (χ2n) is 2.01. The van der Waals surface area contributed by atoms with Gasteiger partial charge in [0.15, 0.2) is 5.78 Å². The third-order valence-electron chi connectivity index (χ3n) is 1.23. The van der Waals surface area contributed by atoms with E-state index in [0.29, 0.717) is 6.42 Å². The van der Waals surface area contributed by atoms with E-state index in [9.17, 15) is 4.79 Å². The Labute approximate surface area is 101 Å². The summed E-state index contributed by atoms with van der Waals surface area (Å²) in [7, 11) is 1.96. The van der Waals surface area contributed by atoms with E-state index in [2.05, 4.69) is 0 Å². The van der Waals surface area contributed by atoms with Gasteiger partial charge < -0.3 is 4.90 Å². The number of hydrogen-bond acceptors (Lipinski definition) is 2. The molecule has 0 atom stereocenters. The van der Waals surface area contributed by atoms with Gasteiger partial charge in [0, 0.05) is 65.8 Å². The van der Waals surface area contributed by atoms with Gasteiger partial charge in [-0.3, -0.25) is 4.79 Å². The molecule has 69 valence electrons. The number of carbonyl (C=O) groups is 1. The summed E-state index contributed by atoms with van der Waals surface area (Å²) in [6.07, 6.45) is 4.10. The molecular formula is C8H15NOVW. The molecule has 0 aromatic heterocycles. The second-order valence-corrected chi connectivity index (χ2v) is 2.01. The van der Waals surface area contributed by atoms with Gasteiger partial charge in [-0.05, 0) is 6.08 Å². The topological polar surface area (TPSA) is 20.3 Å². The zero-order valence-corrected chi connectivity index (χ0v) is 12.1. The molecule has 0 saturated heterocycles. The van der Waals surface area contributed by atoms with Crippen LogP contribution in [0.5, 0.6) is 0 Å². The van der Waals surface area contributed by atoms with Crippen molar-refractivity contribution >= 4 is 5.78 Å². The zero-order chi connectivity index (χ0) is 7.98. The van der Waals surface area contributed by atoms with Crippen LogP contribution >= 0.6 is 0 Å². The first-order valence-electron chi connectivity index (χ1n) is 3.70. The van der Waals surface area contributed by atoms with Crippen molar-refractivity contribution in [3.63, 3.8) is 0 Å². The Kier molecular flexibility index (Phi) is 17.5. The molecular weight excluding hydrogens is 361 g/mol. The van der Waals surface area contributed by atoms with Crippen LogP contribution in [0.1, 0.15) is 20.3 Å². The quantitative estimate of drug-likeness (QED) is 0.638. The molecule has 0 aliphatic carbocycles. The van der Waals surface area contributed by atoms with Crippen LogP contribution in [0.2, 0.25) is 0 Å². The molecule has 1 aliphatic rings. The zero-order valence-electron chi connectivity index (χ0n) is 7.78. The van der Waals surface area contributed by atoms with Crippen molar-refractivity contribution in [2.75, 3.05) is 13.6 Å². The van der Waals surface area contributed by atoms with Crippen molar-refractivity contribution in [2.24, 2.45) is 0 Å². The molecule has 4 heteroatoms. The van der Waals surface area contributed by atoms with Crippen molar-refractivity contribution in [1.29, 1.82) is 0 Å². The molecule has 0 spiro atoms. The number of rotatable bonds is 0. The molecule has 1 aliphatic heterocycles. The fourth-order valence-electron chi connectivity index (χ4n) is 0.655. The Morgan fingerprint density at radius 1 is 1.42 bits per heavy atom. The first kappa shape index (κ1) is 18.3. The standard InChI is InChI=1S/C6H9NO.C2H6.V.W/c1-7-4-2-6(8)3-5-7;1-2;;/h2,4H,3,5H2,1H3;1-2H3;;. The smallest absolute Gasteiger partial charge is 0.158 e. The minimum absolute atomic E-state index is 0. The maximum Gasteiger partial charge on any atom is 0.158 e. The molecule has 0 unspecified atom stereocenters. The van der Waals surface area contributed by atoms with E-state index in [4.69, 9.17) is 0 Å². The van der Waals surface area contributed by atoms with Gasteiger partial charge in [-0.25, -0.2) is 0 Å². The predicted octanol–water partition coefficient (Wildman–Crippen LogP) is 1.43. The van der Waals surface area contributed by atoms with Gasteiger partial charge >= 0.3 is 0 Å². The molecule has 0 bridgehead atoms. The molecule has 0 N–H and O–H groups in total. The van der Waals surface area contributed by atoms with E-state index in [1.54, 1.807) is 6.08 Å². The molecule has 0 aromatic rings. The van der Waals surface area contributed by atoms with Gasteiger partial charge in [-0.1, -0.05) is 13.8 Å². The molecule has 1 rings (SSSR count). The van der Waals surface area contributed by atoms with Crippen LogP contribution in [0.3, 0.4) is 0 Å². The molecule has 0 amide bonds. The monoisotopic (exact) mass is 376 g/mol. The Hall–Kier alpha value is 0.483. The SMILES string of the molecule is CC.CN1C=CC(=O)CC1.[V].[W]. The first-order valence-corrected chi connectivity index (χ1v) is 3.70. The summed E-state index contributed by atoms with van der Waals surface area (Å²) in [4.78, 5) is 12.5. The molecule has 0 aromatic carbocycles. The fourth-order valence-corrected chi connectivity index (χ4v) is 0.655. The summed E-state index contributed by atoms with van der Waals surface area (Å²) < 4.78 is 0. The number of hydrogen-bond donors (Lipinski definition) is 0. The van der Waals surface area contributed by atoms with Gasteiger partial charge in [0.1, 0.15) is 0 Å². The number of allylic oxidation sites excluding steroid dienone is 1. The largest absolute Gasteiger partial charge is 0.380 e. The van der Waals surface area contributed by atoms with Gasteiger partial charge in [-0.15, -0.1) is 0 Å². The third kappa shape index (κ3) is 8.58. The normalized spacial score (nSPS) is 13.6. The van der Waals surface area contributed by atoms with Gasteiger partial charge in [-0.2, -0.15) is 0 Å². The van der Waals surface area contributed by atoms with Crippen LogP contribution in [0, 0.1) is 0 Å². The summed E-state index contributed by atoms with van der Waals surface area (Å²) in [5.74, 6) is 0.239. The van der Waals surface area contributed by atoms with Crippen LogP contribution in [-0.4, -0.2) is 24.3 Å². The van der Waals surface area contributed by atoms with E-state index in [1.807, 2.05) is 32.0 Å². The van der Waals surface area contributed by atoms with Crippen LogP contribution in [0.4, 0.5) is 0 Å². The van der Waals surface area contributed by atoms with E-state index in [-0.39, 0.29) is 45.4 Å². The average Bonchev–Trinajstić information content (AvgIpc) is 2.00. The number of ketones is 1. The van der Waals surface area contributed by atoms with Crippen LogP contribution in [0.25, 0.3) is 0 Å². The average molecular weight is 376 g/mol. The summed E-state index contributed by atoms with van der Waals surface area (Å²) in [5.41, 5.74) is 0. The predicted molar refractivity (Wildman–Crippen MR) is 42.7 cm³/mol. The maximum atomic E-state index is 10.5. The minimum Gasteiger partial charge on any atom is -0.380 e. The van der Waals surface area contributed by atoms with Gasteiger partial charge in [0.25, 0.3) is 0 Å². The van der Waals surface area contributed by atoms with Crippen LogP contribution in [-0.2, 0) is 44.4 Å².